The molecule has 2 aromatic carbocycles. The number of hydrogen-bond donors (Lipinski definition) is 0. The van der Waals surface area contributed by atoms with E-state index in [4.69, 9.17) is 13.9 Å². The van der Waals surface area contributed by atoms with Crippen LogP contribution < -0.4 is 10.4 Å². The van der Waals surface area contributed by atoms with Gasteiger partial charge in [0.2, 0.25) is 0 Å². The van der Waals surface area contributed by atoms with Crippen molar-refractivity contribution in [1.82, 2.24) is 19.4 Å². The zero-order valence-corrected chi connectivity index (χ0v) is 29.6. The highest BCUT2D eigenvalue weighted by Crippen LogP contribution is 2.40. The molecule has 1 aliphatic rings. The fraction of sp³-hybridized carbons (Fsp3) is 0.406. The Labute approximate surface area is 273 Å². The van der Waals surface area contributed by atoms with Gasteiger partial charge in [0.15, 0.2) is 5.82 Å². The van der Waals surface area contributed by atoms with Crippen LogP contribution in [0.2, 0.25) is 5.04 Å². The van der Waals surface area contributed by atoms with Crippen molar-refractivity contribution in [3.8, 4) is 0 Å². The SMILES string of the molecule is CSCOC1C[C@H](n2cc(I)c3c(/N=C/N(C)C)ncnc32)O[C@@H]1CO[Si](c1ccccc1)(c1ccccc1)C(C)(C)C. The number of nitrogens with zero attached hydrogens (tertiary/aromatic N) is 5. The molecule has 1 saturated heterocycles. The molecular formula is C32H40IN5O3SSi. The van der Waals surface area contributed by atoms with Gasteiger partial charge in [-0.3, -0.25) is 0 Å². The van der Waals surface area contributed by atoms with Crippen molar-refractivity contribution in [2.45, 2.75) is 50.7 Å². The molecule has 0 spiro atoms. The molecule has 3 heterocycles. The monoisotopic (exact) mass is 729 g/mol. The van der Waals surface area contributed by atoms with Crippen molar-refractivity contribution >= 4 is 76.2 Å². The molecule has 0 bridgehead atoms. The van der Waals surface area contributed by atoms with Crippen molar-refractivity contribution in [1.29, 1.82) is 0 Å². The Hall–Kier alpha value is -2.29. The van der Waals surface area contributed by atoms with Crippen molar-refractivity contribution in [3.05, 3.63) is 76.8 Å². The number of fused-ring (bicyclic) bond motifs is 1. The highest BCUT2D eigenvalue weighted by Gasteiger charge is 2.51. The minimum Gasteiger partial charge on any atom is -0.405 e. The standard InChI is InChI=1S/C32H40IN5O3SSi/c1-32(2,3)43(23-13-9-7-10-14-23,24-15-11-8-12-16-24)40-19-27-26(39-22-42-6)17-28(41-27)38-18-25(33)29-30(36-21-37(4)5)34-20-35-31(29)38/h7-16,18,20-21,26-28H,17,19,22H2,1-6H3/b36-21+/t26?,27-,28-/m1/s1. The summed E-state index contributed by atoms with van der Waals surface area (Å²) in [5, 5.41) is 3.28. The fourth-order valence-corrected chi connectivity index (χ4v) is 11.5. The molecule has 0 saturated carbocycles. The van der Waals surface area contributed by atoms with Crippen LogP contribution in [0.1, 0.15) is 33.4 Å². The molecule has 1 aliphatic heterocycles. The molecule has 11 heteroatoms. The van der Waals surface area contributed by atoms with E-state index in [0.29, 0.717) is 24.8 Å². The summed E-state index contributed by atoms with van der Waals surface area (Å²) in [4.78, 5) is 15.6. The van der Waals surface area contributed by atoms with Gasteiger partial charge in [-0.15, -0.1) is 11.8 Å². The van der Waals surface area contributed by atoms with E-state index < -0.39 is 8.32 Å². The maximum Gasteiger partial charge on any atom is 0.261 e. The van der Waals surface area contributed by atoms with Gasteiger partial charge < -0.3 is 23.4 Å². The third-order valence-corrected chi connectivity index (χ3v) is 13.9. The number of ether oxygens (including phenoxy) is 2. The summed E-state index contributed by atoms with van der Waals surface area (Å²) in [5.74, 6) is 1.23. The highest BCUT2D eigenvalue weighted by molar-refractivity contribution is 14.1. The molecule has 228 valence electrons. The number of benzene rings is 2. The molecule has 0 amide bonds. The Bertz CT molecular complexity index is 1490. The Morgan fingerprint density at radius 3 is 2.33 bits per heavy atom. The van der Waals surface area contributed by atoms with Crippen LogP contribution >= 0.6 is 34.4 Å². The van der Waals surface area contributed by atoms with Crippen LogP contribution in [0, 0.1) is 3.57 Å². The summed E-state index contributed by atoms with van der Waals surface area (Å²) in [6.07, 6.45) is 7.51. The molecule has 4 aromatic rings. The topological polar surface area (TPSA) is 74.0 Å². The van der Waals surface area contributed by atoms with Crippen molar-refractivity contribution < 1.29 is 13.9 Å². The molecule has 1 unspecified atom stereocenters. The lowest BCUT2D eigenvalue weighted by Crippen LogP contribution is -2.67. The zero-order valence-electron chi connectivity index (χ0n) is 25.6. The number of aliphatic imine (C=N–C) groups is 1. The lowest BCUT2D eigenvalue weighted by atomic mass is 10.2. The molecular weight excluding hydrogens is 689 g/mol. The summed E-state index contributed by atoms with van der Waals surface area (Å²) in [7, 11) is 1.14. The van der Waals surface area contributed by atoms with Crippen LogP contribution in [0.4, 0.5) is 5.82 Å². The molecule has 2 aromatic heterocycles. The van der Waals surface area contributed by atoms with Gasteiger partial charge in [-0.2, -0.15) is 0 Å². The van der Waals surface area contributed by atoms with Gasteiger partial charge in [-0.25, -0.2) is 15.0 Å². The first kappa shape index (κ1) is 32.1. The third-order valence-electron chi connectivity index (χ3n) is 7.73. The van der Waals surface area contributed by atoms with E-state index in [2.05, 4.69) is 136 Å². The molecule has 1 fully saturated rings. The van der Waals surface area contributed by atoms with E-state index in [1.807, 2.05) is 19.0 Å². The average Bonchev–Trinajstić information content (AvgIpc) is 3.56. The summed E-state index contributed by atoms with van der Waals surface area (Å²) < 4.78 is 23.6. The van der Waals surface area contributed by atoms with Crippen molar-refractivity contribution in [3.63, 3.8) is 0 Å². The van der Waals surface area contributed by atoms with Crippen LogP contribution in [0.3, 0.4) is 0 Å². The third kappa shape index (κ3) is 6.71. The summed E-state index contributed by atoms with van der Waals surface area (Å²) in [5.41, 5.74) is 0.799. The van der Waals surface area contributed by atoms with E-state index in [1.54, 1.807) is 24.4 Å². The summed E-state index contributed by atoms with van der Waals surface area (Å²) >= 11 is 4.00. The van der Waals surface area contributed by atoms with Crippen LogP contribution in [0.15, 0.2) is 78.2 Å². The number of thioether (sulfide) groups is 1. The predicted octanol–water partition coefficient (Wildman–Crippen LogP) is 5.83. The minimum absolute atomic E-state index is 0.126. The van der Waals surface area contributed by atoms with E-state index in [0.717, 1.165) is 14.6 Å². The van der Waals surface area contributed by atoms with Gasteiger partial charge in [0.1, 0.15) is 24.3 Å². The maximum atomic E-state index is 7.28. The van der Waals surface area contributed by atoms with Gasteiger partial charge in [0, 0.05) is 30.3 Å². The smallest absolute Gasteiger partial charge is 0.261 e. The largest absolute Gasteiger partial charge is 0.405 e. The number of halogens is 1. The molecule has 0 aliphatic carbocycles. The number of hydrogen-bond acceptors (Lipinski definition) is 7. The highest BCUT2D eigenvalue weighted by atomic mass is 127. The van der Waals surface area contributed by atoms with Crippen LogP contribution in [0.25, 0.3) is 11.0 Å². The van der Waals surface area contributed by atoms with Crippen LogP contribution in [0.5, 0.6) is 0 Å². The Morgan fingerprint density at radius 2 is 1.74 bits per heavy atom. The first-order valence-corrected chi connectivity index (χ1v) is 18.8. The molecule has 0 N–H and O–H groups in total. The van der Waals surface area contributed by atoms with Gasteiger partial charge in [-0.1, -0.05) is 81.4 Å². The van der Waals surface area contributed by atoms with Gasteiger partial charge in [0.25, 0.3) is 8.32 Å². The van der Waals surface area contributed by atoms with Gasteiger partial charge in [0.05, 0.1) is 30.4 Å². The molecule has 8 nitrogen and oxygen atoms in total. The lowest BCUT2D eigenvalue weighted by Gasteiger charge is -2.43. The van der Waals surface area contributed by atoms with E-state index in [-0.39, 0.29) is 23.5 Å². The number of aromatic nitrogens is 3. The second-order valence-corrected chi connectivity index (χ2v) is 18.2. The number of rotatable bonds is 11. The van der Waals surface area contributed by atoms with Crippen molar-refractivity contribution in [2.24, 2.45) is 4.99 Å². The van der Waals surface area contributed by atoms with E-state index in [1.165, 1.54) is 10.4 Å². The fourth-order valence-electron chi connectivity index (χ4n) is 5.83. The Balaban J connectivity index is 1.49. The van der Waals surface area contributed by atoms with Crippen LogP contribution in [-0.4, -0.2) is 79.2 Å². The second-order valence-electron chi connectivity index (χ2n) is 11.9. The van der Waals surface area contributed by atoms with E-state index >= 15 is 0 Å². The Morgan fingerprint density at radius 1 is 1.09 bits per heavy atom. The predicted molar refractivity (Wildman–Crippen MR) is 187 cm³/mol. The van der Waals surface area contributed by atoms with Crippen LogP contribution in [-0.2, 0) is 13.9 Å². The lowest BCUT2D eigenvalue weighted by molar-refractivity contribution is -0.0500. The van der Waals surface area contributed by atoms with Crippen molar-refractivity contribution in [2.75, 3.05) is 32.9 Å². The first-order chi connectivity index (χ1) is 20.7. The summed E-state index contributed by atoms with van der Waals surface area (Å²) in [6, 6.07) is 21.4. The zero-order chi connectivity index (χ0) is 30.6. The molecule has 5 rings (SSSR count). The van der Waals surface area contributed by atoms with Gasteiger partial charge in [-0.05, 0) is 44.3 Å². The van der Waals surface area contributed by atoms with E-state index in [9.17, 15) is 0 Å². The maximum absolute atomic E-state index is 7.28. The normalized spacial score (nSPS) is 19.5. The molecule has 0 radical (unpaired) electrons. The second kappa shape index (κ2) is 13.8. The molecule has 43 heavy (non-hydrogen) atoms. The van der Waals surface area contributed by atoms with Gasteiger partial charge >= 0.3 is 0 Å². The molecule has 3 atom stereocenters. The quantitative estimate of drug-likeness (QED) is 0.0633. The average molecular weight is 730 g/mol. The minimum atomic E-state index is -2.73. The summed E-state index contributed by atoms with van der Waals surface area (Å²) in [6.45, 7) is 7.31. The Kier molecular flexibility index (Phi) is 10.3. The first-order valence-electron chi connectivity index (χ1n) is 14.4.